The standard InChI is InChI=1S/C16H23NO4/c1-12(2)21-9-8-15(18)17-11-14(16(19)20)10-13-6-4-3-5-7-13/h3-7,12,14H,8-11H2,1-2H3,(H,17,18)(H,19,20). The van der Waals surface area contributed by atoms with Gasteiger partial charge in [0.05, 0.1) is 18.6 Å². The molecule has 116 valence electrons. The average Bonchev–Trinajstić information content (AvgIpc) is 2.43. The van der Waals surface area contributed by atoms with Crippen molar-refractivity contribution < 1.29 is 19.4 Å². The average molecular weight is 293 g/mol. The molecule has 5 nitrogen and oxygen atoms in total. The van der Waals surface area contributed by atoms with Crippen molar-refractivity contribution in [2.24, 2.45) is 5.92 Å². The quantitative estimate of drug-likeness (QED) is 0.728. The highest BCUT2D eigenvalue weighted by atomic mass is 16.5. The van der Waals surface area contributed by atoms with Gasteiger partial charge in [-0.1, -0.05) is 30.3 Å². The van der Waals surface area contributed by atoms with Crippen LogP contribution in [-0.4, -0.2) is 36.2 Å². The topological polar surface area (TPSA) is 75.6 Å². The first-order chi connectivity index (χ1) is 9.99. The highest BCUT2D eigenvalue weighted by molar-refractivity contribution is 5.77. The Morgan fingerprint density at radius 2 is 1.90 bits per heavy atom. The van der Waals surface area contributed by atoms with Crippen LogP contribution in [0, 0.1) is 5.92 Å². The lowest BCUT2D eigenvalue weighted by Crippen LogP contribution is -2.34. The summed E-state index contributed by atoms with van der Waals surface area (Å²) in [6, 6.07) is 9.39. The van der Waals surface area contributed by atoms with Crippen LogP contribution in [-0.2, 0) is 20.7 Å². The first-order valence-corrected chi connectivity index (χ1v) is 7.14. The van der Waals surface area contributed by atoms with Crippen molar-refractivity contribution in [2.75, 3.05) is 13.2 Å². The molecule has 0 aliphatic heterocycles. The minimum Gasteiger partial charge on any atom is -0.481 e. The number of rotatable bonds is 9. The van der Waals surface area contributed by atoms with Crippen molar-refractivity contribution in [3.63, 3.8) is 0 Å². The van der Waals surface area contributed by atoms with E-state index < -0.39 is 11.9 Å². The van der Waals surface area contributed by atoms with Crippen molar-refractivity contribution in [1.29, 1.82) is 0 Å². The monoisotopic (exact) mass is 293 g/mol. The van der Waals surface area contributed by atoms with Crippen LogP contribution in [0.4, 0.5) is 0 Å². The molecule has 0 aliphatic rings. The molecular weight excluding hydrogens is 270 g/mol. The lowest BCUT2D eigenvalue weighted by Gasteiger charge is -2.14. The molecule has 0 aliphatic carbocycles. The zero-order valence-electron chi connectivity index (χ0n) is 12.5. The number of carboxylic acids is 1. The molecule has 1 amide bonds. The van der Waals surface area contributed by atoms with Gasteiger partial charge in [-0.3, -0.25) is 9.59 Å². The lowest BCUT2D eigenvalue weighted by atomic mass is 9.99. The number of carbonyl (C=O) groups is 2. The smallest absolute Gasteiger partial charge is 0.308 e. The second-order valence-electron chi connectivity index (χ2n) is 5.20. The van der Waals surface area contributed by atoms with Gasteiger partial charge in [0.15, 0.2) is 0 Å². The number of carbonyl (C=O) groups excluding carboxylic acids is 1. The van der Waals surface area contributed by atoms with Crippen LogP contribution in [0.3, 0.4) is 0 Å². The van der Waals surface area contributed by atoms with Crippen LogP contribution in [0.1, 0.15) is 25.8 Å². The molecule has 1 unspecified atom stereocenters. The van der Waals surface area contributed by atoms with Crippen LogP contribution in [0.15, 0.2) is 30.3 Å². The summed E-state index contributed by atoms with van der Waals surface area (Å²) < 4.78 is 5.29. The van der Waals surface area contributed by atoms with E-state index in [9.17, 15) is 14.7 Å². The highest BCUT2D eigenvalue weighted by Gasteiger charge is 2.18. The number of amides is 1. The van der Waals surface area contributed by atoms with Crippen molar-refractivity contribution >= 4 is 11.9 Å². The van der Waals surface area contributed by atoms with E-state index in [0.717, 1.165) is 5.56 Å². The van der Waals surface area contributed by atoms with E-state index >= 15 is 0 Å². The second kappa shape index (κ2) is 9.13. The van der Waals surface area contributed by atoms with Crippen LogP contribution >= 0.6 is 0 Å². The molecule has 1 aromatic rings. The van der Waals surface area contributed by atoms with E-state index in [0.29, 0.717) is 13.0 Å². The Bertz CT molecular complexity index is 445. The molecule has 0 spiro atoms. The van der Waals surface area contributed by atoms with Crippen molar-refractivity contribution in [1.82, 2.24) is 5.32 Å². The van der Waals surface area contributed by atoms with Crippen LogP contribution in [0.5, 0.6) is 0 Å². The summed E-state index contributed by atoms with van der Waals surface area (Å²) in [6.45, 7) is 4.28. The number of hydrogen-bond acceptors (Lipinski definition) is 3. The van der Waals surface area contributed by atoms with Gasteiger partial charge in [0.2, 0.25) is 5.91 Å². The minimum absolute atomic E-state index is 0.0858. The third kappa shape index (κ3) is 7.46. The first-order valence-electron chi connectivity index (χ1n) is 7.14. The molecule has 5 heteroatoms. The number of ether oxygens (including phenoxy) is 1. The van der Waals surface area contributed by atoms with E-state index in [-0.39, 0.29) is 25.0 Å². The fraction of sp³-hybridized carbons (Fsp3) is 0.500. The predicted octanol–water partition coefficient (Wildman–Crippen LogP) is 1.86. The summed E-state index contributed by atoms with van der Waals surface area (Å²) in [5.41, 5.74) is 0.947. The molecule has 0 aromatic heterocycles. The molecule has 21 heavy (non-hydrogen) atoms. The van der Waals surface area contributed by atoms with Gasteiger partial charge < -0.3 is 15.2 Å². The van der Waals surface area contributed by atoms with E-state index in [1.807, 2.05) is 44.2 Å². The third-order valence-electron chi connectivity index (χ3n) is 3.00. The van der Waals surface area contributed by atoms with Gasteiger partial charge >= 0.3 is 5.97 Å². The summed E-state index contributed by atoms with van der Waals surface area (Å²) in [7, 11) is 0. The minimum atomic E-state index is -0.905. The number of hydrogen-bond donors (Lipinski definition) is 2. The van der Waals surface area contributed by atoms with Gasteiger partial charge in [0.25, 0.3) is 0 Å². The molecule has 1 aromatic carbocycles. The molecule has 0 radical (unpaired) electrons. The molecule has 0 fully saturated rings. The Labute approximate surface area is 125 Å². The maximum atomic E-state index is 11.6. The third-order valence-corrected chi connectivity index (χ3v) is 3.00. The maximum Gasteiger partial charge on any atom is 0.308 e. The Balaban J connectivity index is 2.38. The van der Waals surface area contributed by atoms with Crippen molar-refractivity contribution in [3.05, 3.63) is 35.9 Å². The van der Waals surface area contributed by atoms with Crippen LogP contribution in [0.25, 0.3) is 0 Å². The van der Waals surface area contributed by atoms with Crippen molar-refractivity contribution in [2.45, 2.75) is 32.8 Å². The summed E-state index contributed by atoms with van der Waals surface area (Å²) in [6.07, 6.45) is 0.733. The summed E-state index contributed by atoms with van der Waals surface area (Å²) in [4.78, 5) is 22.9. The molecule has 0 heterocycles. The Hall–Kier alpha value is -1.88. The van der Waals surface area contributed by atoms with Gasteiger partial charge in [-0.2, -0.15) is 0 Å². The van der Waals surface area contributed by atoms with Gasteiger partial charge in [-0.05, 0) is 25.8 Å². The Morgan fingerprint density at radius 1 is 1.24 bits per heavy atom. The molecule has 1 rings (SSSR count). The van der Waals surface area contributed by atoms with Gasteiger partial charge in [-0.15, -0.1) is 0 Å². The number of benzene rings is 1. The van der Waals surface area contributed by atoms with Gasteiger partial charge in [-0.25, -0.2) is 0 Å². The number of nitrogens with one attached hydrogen (secondary N) is 1. The van der Waals surface area contributed by atoms with Gasteiger partial charge in [0.1, 0.15) is 0 Å². The first kappa shape index (κ1) is 17.2. The molecular formula is C16H23NO4. The second-order valence-corrected chi connectivity index (χ2v) is 5.20. The van der Waals surface area contributed by atoms with Gasteiger partial charge in [0, 0.05) is 13.0 Å². The van der Waals surface area contributed by atoms with E-state index in [2.05, 4.69) is 5.32 Å². The molecule has 0 saturated carbocycles. The highest BCUT2D eigenvalue weighted by Crippen LogP contribution is 2.08. The zero-order chi connectivity index (χ0) is 15.7. The molecule has 1 atom stereocenters. The Kier molecular flexibility index (Phi) is 7.46. The molecule has 2 N–H and O–H groups in total. The molecule has 0 bridgehead atoms. The SMILES string of the molecule is CC(C)OCCC(=O)NCC(Cc1ccccc1)C(=O)O. The van der Waals surface area contributed by atoms with Crippen LogP contribution in [0.2, 0.25) is 0 Å². The van der Waals surface area contributed by atoms with E-state index in [1.54, 1.807) is 0 Å². The van der Waals surface area contributed by atoms with Crippen LogP contribution < -0.4 is 5.32 Å². The predicted molar refractivity (Wildman–Crippen MR) is 80.0 cm³/mol. The summed E-state index contributed by atoms with van der Waals surface area (Å²) in [5, 5.41) is 11.9. The summed E-state index contributed by atoms with van der Waals surface area (Å²) in [5.74, 6) is -1.71. The molecule has 0 saturated heterocycles. The normalized spacial score (nSPS) is 12.1. The van der Waals surface area contributed by atoms with E-state index in [1.165, 1.54) is 0 Å². The number of carboxylic acid groups (broad SMARTS) is 1. The fourth-order valence-corrected chi connectivity index (χ4v) is 1.86. The number of aliphatic carboxylic acids is 1. The largest absolute Gasteiger partial charge is 0.481 e. The van der Waals surface area contributed by atoms with Crippen molar-refractivity contribution in [3.8, 4) is 0 Å². The zero-order valence-corrected chi connectivity index (χ0v) is 12.5. The maximum absolute atomic E-state index is 11.6. The fourth-order valence-electron chi connectivity index (χ4n) is 1.86. The van der Waals surface area contributed by atoms with E-state index in [4.69, 9.17) is 4.74 Å². The lowest BCUT2D eigenvalue weighted by molar-refractivity contribution is -0.141. The summed E-state index contributed by atoms with van der Waals surface area (Å²) >= 11 is 0. The Morgan fingerprint density at radius 3 is 2.48 bits per heavy atom.